The van der Waals surface area contributed by atoms with Crippen molar-refractivity contribution in [3.8, 4) is 16.9 Å². The van der Waals surface area contributed by atoms with Crippen LogP contribution < -0.4 is 16.1 Å². The first-order valence-electron chi connectivity index (χ1n) is 17.4. The lowest BCUT2D eigenvalue weighted by molar-refractivity contribution is -0.110. The number of nitrogens with two attached hydrogens (primary N) is 1. The normalized spacial score (nSPS) is 17.2. The number of primary amides is 1. The molecule has 0 bridgehead atoms. The zero-order chi connectivity index (χ0) is 37.7. The van der Waals surface area contributed by atoms with Gasteiger partial charge in [0.15, 0.2) is 0 Å². The molecule has 1 aromatic carbocycles. The Hall–Kier alpha value is -4.86. The van der Waals surface area contributed by atoms with Crippen molar-refractivity contribution < 1.29 is 22.8 Å². The Morgan fingerprint density at radius 2 is 1.88 bits per heavy atom. The number of nitrogens with zero attached hydrogens (tertiary/aromatic N) is 8. The van der Waals surface area contributed by atoms with Gasteiger partial charge in [0, 0.05) is 68.9 Å². The molecule has 2 fully saturated rings. The van der Waals surface area contributed by atoms with E-state index < -0.39 is 17.9 Å². The van der Waals surface area contributed by atoms with Crippen molar-refractivity contribution in [2.24, 2.45) is 16.8 Å². The number of hydrogen-bond acceptors (Lipinski definition) is 9. The molecule has 0 radical (unpaired) electrons. The molecule has 3 aromatic heterocycles. The molecule has 15 heteroatoms. The van der Waals surface area contributed by atoms with E-state index in [9.17, 15) is 18.0 Å². The number of alkyl halides is 2. The predicted octanol–water partition coefficient (Wildman–Crippen LogP) is 6.78. The Bertz CT molecular complexity index is 1720. The van der Waals surface area contributed by atoms with E-state index in [0.717, 1.165) is 48.1 Å². The Morgan fingerprint density at radius 3 is 2.42 bits per heavy atom. The third-order valence-electron chi connectivity index (χ3n) is 8.19. The maximum Gasteiger partial charge on any atom is 0.317 e. The van der Waals surface area contributed by atoms with E-state index in [-0.39, 0.29) is 13.0 Å². The van der Waals surface area contributed by atoms with Crippen molar-refractivity contribution in [1.82, 2.24) is 29.7 Å². The van der Waals surface area contributed by atoms with Crippen LogP contribution in [0.2, 0.25) is 0 Å². The third kappa shape index (κ3) is 12.1. The number of rotatable bonds is 10. The number of amides is 2. The number of hydroxylamine groups is 2. The van der Waals surface area contributed by atoms with E-state index in [1.807, 2.05) is 50.2 Å². The quantitative estimate of drug-likeness (QED) is 0.104. The van der Waals surface area contributed by atoms with Crippen LogP contribution in [0.15, 0.2) is 78.2 Å². The van der Waals surface area contributed by atoms with Crippen LogP contribution in [0.1, 0.15) is 45.6 Å². The molecule has 0 saturated carbocycles. The highest BCUT2D eigenvalue weighted by molar-refractivity contribution is 5.89. The molecule has 2 saturated heterocycles. The fraction of sp³-hybridized carbons (Fsp3) is 0.432. The number of aromatic nitrogens is 4. The number of carbonyl (C=O) groups excluding carboxylic acids is 1. The number of halogens is 3. The summed E-state index contributed by atoms with van der Waals surface area (Å²) in [5.74, 6) is -1.25. The summed E-state index contributed by atoms with van der Waals surface area (Å²) < 4.78 is 40.3. The largest absolute Gasteiger partial charge is 0.351 e. The van der Waals surface area contributed by atoms with E-state index in [0.29, 0.717) is 30.4 Å². The number of likely N-dealkylation sites (tertiary alicyclic amines) is 1. The first-order valence-corrected chi connectivity index (χ1v) is 17.4. The van der Waals surface area contributed by atoms with E-state index in [2.05, 4.69) is 39.3 Å². The molecule has 0 aliphatic carbocycles. The predicted molar refractivity (Wildman–Crippen MR) is 198 cm³/mol. The van der Waals surface area contributed by atoms with Crippen molar-refractivity contribution >= 4 is 23.4 Å². The molecule has 0 spiro atoms. The Balaban J connectivity index is 0.000000289. The van der Waals surface area contributed by atoms with Gasteiger partial charge in [0.1, 0.15) is 11.6 Å². The highest BCUT2D eigenvalue weighted by atomic mass is 19.3. The average Bonchev–Trinajstić information content (AvgIpc) is 3.80. The van der Waals surface area contributed by atoms with Gasteiger partial charge in [0.25, 0.3) is 5.92 Å². The Morgan fingerprint density at radius 1 is 1.13 bits per heavy atom. The summed E-state index contributed by atoms with van der Waals surface area (Å²) in [6.45, 7) is 11.8. The molecule has 2 aliphatic rings. The smallest absolute Gasteiger partial charge is 0.317 e. The van der Waals surface area contributed by atoms with E-state index >= 15 is 0 Å². The number of pyridine rings is 2. The minimum atomic E-state index is -2.62. The number of urea groups is 1. The summed E-state index contributed by atoms with van der Waals surface area (Å²) in [6.07, 6.45) is 5.49. The van der Waals surface area contributed by atoms with E-state index in [1.54, 1.807) is 46.0 Å². The van der Waals surface area contributed by atoms with Gasteiger partial charge in [0.2, 0.25) is 5.95 Å². The monoisotopic (exact) mass is 722 g/mol. The number of carbonyl (C=O) groups is 1. The summed E-state index contributed by atoms with van der Waals surface area (Å²) in [7, 11) is 1.76. The lowest BCUT2D eigenvalue weighted by Crippen LogP contribution is -2.30. The van der Waals surface area contributed by atoms with E-state index in [1.165, 1.54) is 25.1 Å². The zero-order valence-electron chi connectivity index (χ0n) is 30.5. The van der Waals surface area contributed by atoms with Crippen molar-refractivity contribution in [2.45, 2.75) is 52.9 Å². The minimum absolute atomic E-state index is 0.116. The second-order valence-corrected chi connectivity index (χ2v) is 12.9. The number of anilines is 2. The minimum Gasteiger partial charge on any atom is -0.351 e. The molecule has 52 heavy (non-hydrogen) atoms. The highest BCUT2D eigenvalue weighted by Gasteiger charge is 2.38. The number of hydrazone groups is 1. The summed E-state index contributed by atoms with van der Waals surface area (Å²) in [5.41, 5.74) is 9.02. The number of benzene rings is 1. The Kier molecular flexibility index (Phi) is 14.7. The fourth-order valence-corrected chi connectivity index (χ4v) is 5.63. The van der Waals surface area contributed by atoms with Gasteiger partial charge in [0.05, 0.1) is 24.5 Å². The number of nitrogens with one attached hydrogen (secondary N) is 1. The van der Waals surface area contributed by atoms with Crippen molar-refractivity contribution in [1.29, 1.82) is 0 Å². The van der Waals surface area contributed by atoms with Crippen molar-refractivity contribution in [3.63, 3.8) is 0 Å². The van der Waals surface area contributed by atoms with Crippen LogP contribution >= 0.6 is 0 Å². The molecule has 3 N–H and O–H groups in total. The molecule has 12 nitrogen and oxygen atoms in total. The lowest BCUT2D eigenvalue weighted by Gasteiger charge is -2.18. The summed E-state index contributed by atoms with van der Waals surface area (Å²) in [6, 6.07) is 17.0. The molecule has 5 heterocycles. The fourth-order valence-electron chi connectivity index (χ4n) is 5.63. The maximum atomic E-state index is 13.4. The standard InChI is InChI=1S/C24H28F2N8O.C8H17NO.C5H4FN/c1-16(14-33-12-11-24(25,26)15-33)30-32(3)20-10-9-18(13-28-20)21-17(2)22(29-23(27)35)34(31-21)19-7-5-4-6-8-19;1-3-4-5-9-6-8(2)7-10-9;6-5-3-1-2-4-7-5/h4-10,13H,11-12,14-15H2,1-3H3,(H3,27,29,35);8H,3-7H2,1-2H3;1-4H/b30-16+;;/t;8-;/m.1./s1. The molecular weight excluding hydrogens is 673 g/mol. The average molecular weight is 723 g/mol. The third-order valence-corrected chi connectivity index (χ3v) is 8.19. The second-order valence-electron chi connectivity index (χ2n) is 12.9. The summed E-state index contributed by atoms with van der Waals surface area (Å²) in [4.78, 5) is 26.5. The van der Waals surface area contributed by atoms with Crippen LogP contribution in [0.25, 0.3) is 16.9 Å². The van der Waals surface area contributed by atoms with Gasteiger partial charge in [-0.05, 0) is 62.6 Å². The van der Waals surface area contributed by atoms with Crippen LogP contribution in [0.5, 0.6) is 0 Å². The van der Waals surface area contributed by atoms with Crippen LogP contribution in [-0.2, 0) is 4.84 Å². The van der Waals surface area contributed by atoms with Gasteiger partial charge in [-0.25, -0.2) is 28.2 Å². The second kappa shape index (κ2) is 19.1. The molecule has 1 atom stereocenters. The Labute approximate surface area is 303 Å². The maximum absolute atomic E-state index is 13.4. The van der Waals surface area contributed by atoms with Crippen molar-refractivity contribution in [2.75, 3.05) is 56.7 Å². The molecule has 2 amide bonds. The van der Waals surface area contributed by atoms with Gasteiger partial charge < -0.3 is 5.73 Å². The van der Waals surface area contributed by atoms with Crippen LogP contribution in [0.4, 0.5) is 29.6 Å². The summed E-state index contributed by atoms with van der Waals surface area (Å²) in [5, 5.41) is 15.5. The number of hydrogen-bond donors (Lipinski definition) is 2. The molecule has 4 aromatic rings. The SMILES string of the molecule is C/C(CN1CCC(F)(F)C1)=N\N(C)c1ccc(-c2nn(-c3ccccc3)c(NC(N)=O)c2C)cn1.CCCCN1C[C@@H](C)CO1.Fc1ccccn1. The first-order chi connectivity index (χ1) is 24.8. The summed E-state index contributed by atoms with van der Waals surface area (Å²) >= 11 is 0. The van der Waals surface area contributed by atoms with Gasteiger partial charge >= 0.3 is 6.03 Å². The molecule has 0 unspecified atom stereocenters. The topological polar surface area (TPSA) is 130 Å². The van der Waals surface area contributed by atoms with Crippen molar-refractivity contribution in [3.05, 3.63) is 84.6 Å². The number of unbranched alkanes of at least 4 members (excludes halogenated alkanes) is 1. The van der Waals surface area contributed by atoms with E-state index in [4.69, 9.17) is 15.7 Å². The number of para-hydroxylation sites is 1. The van der Waals surface area contributed by atoms with Crippen LogP contribution in [0, 0.1) is 18.8 Å². The van der Waals surface area contributed by atoms with Crippen LogP contribution in [-0.4, -0.2) is 93.8 Å². The van der Waals surface area contributed by atoms with Crippen LogP contribution in [0.3, 0.4) is 0 Å². The molecule has 280 valence electrons. The van der Waals surface area contributed by atoms with Gasteiger partial charge in [-0.3, -0.25) is 20.1 Å². The van der Waals surface area contributed by atoms with Gasteiger partial charge in [-0.2, -0.15) is 19.7 Å². The van der Waals surface area contributed by atoms with Gasteiger partial charge in [-0.15, -0.1) is 0 Å². The molecular formula is C37H49F3N10O2. The lowest BCUT2D eigenvalue weighted by atomic mass is 10.1. The first kappa shape index (κ1) is 39.9. The molecule has 6 rings (SSSR count). The zero-order valence-corrected chi connectivity index (χ0v) is 30.5. The van der Waals surface area contributed by atoms with Gasteiger partial charge in [-0.1, -0.05) is 44.5 Å². The molecule has 2 aliphatic heterocycles. The highest BCUT2D eigenvalue weighted by Crippen LogP contribution is 2.31.